The first-order valence-corrected chi connectivity index (χ1v) is 8.09. The minimum absolute atomic E-state index is 0.334. The van der Waals surface area contributed by atoms with Crippen LogP contribution in [0.1, 0.15) is 46.6 Å². The van der Waals surface area contributed by atoms with Crippen molar-refractivity contribution < 1.29 is 9.84 Å². The van der Waals surface area contributed by atoms with Crippen molar-refractivity contribution in [2.45, 2.75) is 47.6 Å². The van der Waals surface area contributed by atoms with E-state index in [0.717, 1.165) is 37.4 Å². The highest BCUT2D eigenvalue weighted by molar-refractivity contribution is 5.39. The van der Waals surface area contributed by atoms with Gasteiger partial charge < -0.3 is 9.84 Å². The molecule has 1 N–H and O–H groups in total. The zero-order chi connectivity index (χ0) is 15.8. The van der Waals surface area contributed by atoms with Crippen molar-refractivity contribution in [1.29, 1.82) is 0 Å². The van der Waals surface area contributed by atoms with Gasteiger partial charge in [-0.2, -0.15) is 0 Å². The van der Waals surface area contributed by atoms with E-state index in [4.69, 9.17) is 4.74 Å². The van der Waals surface area contributed by atoms with Gasteiger partial charge in [0.2, 0.25) is 0 Å². The summed E-state index contributed by atoms with van der Waals surface area (Å²) in [7, 11) is 0. The minimum atomic E-state index is 0.334. The first-order valence-electron chi connectivity index (χ1n) is 8.09. The van der Waals surface area contributed by atoms with E-state index in [1.165, 1.54) is 0 Å². The van der Waals surface area contributed by atoms with Crippen LogP contribution in [-0.4, -0.2) is 29.7 Å². The van der Waals surface area contributed by atoms with Gasteiger partial charge in [0.15, 0.2) is 0 Å². The van der Waals surface area contributed by atoms with Gasteiger partial charge in [-0.25, -0.2) is 0 Å². The largest absolute Gasteiger partial charge is 0.507 e. The highest BCUT2D eigenvalue weighted by Crippen LogP contribution is 2.25. The van der Waals surface area contributed by atoms with Crippen LogP contribution >= 0.6 is 0 Å². The van der Waals surface area contributed by atoms with Gasteiger partial charge in [-0.15, -0.1) is 0 Å². The van der Waals surface area contributed by atoms with E-state index in [0.29, 0.717) is 24.2 Å². The van der Waals surface area contributed by atoms with Crippen LogP contribution in [0.5, 0.6) is 11.5 Å². The number of phenolic OH excluding ortho intramolecular Hbond substituents is 1. The minimum Gasteiger partial charge on any atom is -0.507 e. The van der Waals surface area contributed by atoms with E-state index in [2.05, 4.69) is 39.5 Å². The number of phenols is 1. The third-order valence-corrected chi connectivity index (χ3v) is 3.17. The zero-order valence-electron chi connectivity index (χ0n) is 14.2. The fourth-order valence-corrected chi connectivity index (χ4v) is 2.46. The third-order valence-electron chi connectivity index (χ3n) is 3.17. The Hall–Kier alpha value is -1.22. The smallest absolute Gasteiger partial charge is 0.123 e. The van der Waals surface area contributed by atoms with Gasteiger partial charge in [0.1, 0.15) is 11.5 Å². The predicted octanol–water partition coefficient (Wildman–Crippen LogP) is 4.30. The normalized spacial score (nSPS) is 11.6. The second-order valence-corrected chi connectivity index (χ2v) is 6.62. The molecule has 0 spiro atoms. The second-order valence-electron chi connectivity index (χ2n) is 6.62. The number of hydrogen-bond acceptors (Lipinski definition) is 3. The first kappa shape index (κ1) is 17.8. The molecule has 0 bridgehead atoms. The second kappa shape index (κ2) is 8.93. The van der Waals surface area contributed by atoms with Crippen molar-refractivity contribution in [3.05, 3.63) is 23.8 Å². The predicted molar refractivity (Wildman–Crippen MR) is 88.8 cm³/mol. The van der Waals surface area contributed by atoms with Gasteiger partial charge in [-0.05, 0) is 24.3 Å². The van der Waals surface area contributed by atoms with Crippen LogP contribution in [0.4, 0.5) is 0 Å². The molecule has 0 aliphatic heterocycles. The molecule has 0 aliphatic carbocycles. The molecular weight excluding hydrogens is 262 g/mol. The Bertz CT molecular complexity index is 406. The van der Waals surface area contributed by atoms with Crippen LogP contribution in [0.3, 0.4) is 0 Å². The van der Waals surface area contributed by atoms with E-state index < -0.39 is 0 Å². The molecule has 3 heteroatoms. The summed E-state index contributed by atoms with van der Waals surface area (Å²) in [5, 5.41) is 10.2. The van der Waals surface area contributed by atoms with Crippen molar-refractivity contribution >= 4 is 0 Å². The van der Waals surface area contributed by atoms with Gasteiger partial charge in [-0.1, -0.05) is 40.7 Å². The number of hydrogen-bond donors (Lipinski definition) is 1. The Morgan fingerprint density at radius 2 is 1.71 bits per heavy atom. The summed E-state index contributed by atoms with van der Waals surface area (Å²) in [5.41, 5.74) is 0.972. The Morgan fingerprint density at radius 3 is 2.19 bits per heavy atom. The number of rotatable bonds is 9. The quantitative estimate of drug-likeness (QED) is 0.737. The maximum absolute atomic E-state index is 10.2. The molecule has 0 fully saturated rings. The van der Waals surface area contributed by atoms with Gasteiger partial charge in [-0.3, -0.25) is 4.90 Å². The summed E-state index contributed by atoms with van der Waals surface area (Å²) in [6, 6.07) is 5.66. The van der Waals surface area contributed by atoms with E-state index in [-0.39, 0.29) is 0 Å². The summed E-state index contributed by atoms with van der Waals surface area (Å²) < 4.78 is 5.55. The number of ether oxygens (including phenoxy) is 1. The molecule has 0 atom stereocenters. The third kappa shape index (κ3) is 6.85. The van der Waals surface area contributed by atoms with Gasteiger partial charge in [0, 0.05) is 31.3 Å². The standard InChI is InChI=1S/C18H31NO2/c1-6-9-21-17-8-7-16(18(20)10-17)13-19(11-14(2)3)12-15(4)5/h7-8,10,14-15,20H,6,9,11-13H2,1-5H3. The lowest BCUT2D eigenvalue weighted by molar-refractivity contribution is 0.209. The lowest BCUT2D eigenvalue weighted by Crippen LogP contribution is -2.30. The number of benzene rings is 1. The fraction of sp³-hybridized carbons (Fsp3) is 0.667. The molecule has 0 amide bonds. The average Bonchev–Trinajstić information content (AvgIpc) is 2.37. The molecule has 0 saturated carbocycles. The molecule has 0 unspecified atom stereocenters. The molecule has 0 aromatic heterocycles. The molecule has 1 aromatic rings. The SMILES string of the molecule is CCCOc1ccc(CN(CC(C)C)CC(C)C)c(O)c1. The van der Waals surface area contributed by atoms with E-state index >= 15 is 0 Å². The molecule has 0 heterocycles. The van der Waals surface area contributed by atoms with Crippen LogP contribution in [0.2, 0.25) is 0 Å². The van der Waals surface area contributed by atoms with Crippen LogP contribution in [0.15, 0.2) is 18.2 Å². The lowest BCUT2D eigenvalue weighted by atomic mass is 10.1. The molecule has 1 rings (SSSR count). The monoisotopic (exact) mass is 293 g/mol. The van der Waals surface area contributed by atoms with E-state index in [1.807, 2.05) is 12.1 Å². The van der Waals surface area contributed by atoms with Gasteiger partial charge in [0.05, 0.1) is 6.61 Å². The molecule has 0 aliphatic rings. The maximum Gasteiger partial charge on any atom is 0.123 e. The van der Waals surface area contributed by atoms with Crippen molar-refractivity contribution in [1.82, 2.24) is 4.90 Å². The lowest BCUT2D eigenvalue weighted by Gasteiger charge is -2.26. The summed E-state index contributed by atoms with van der Waals surface area (Å²) >= 11 is 0. The molecule has 3 nitrogen and oxygen atoms in total. The van der Waals surface area contributed by atoms with Crippen LogP contribution < -0.4 is 4.74 Å². The Morgan fingerprint density at radius 1 is 1.10 bits per heavy atom. The van der Waals surface area contributed by atoms with Gasteiger partial charge >= 0.3 is 0 Å². The maximum atomic E-state index is 10.2. The molecule has 21 heavy (non-hydrogen) atoms. The van der Waals surface area contributed by atoms with Crippen LogP contribution in [0.25, 0.3) is 0 Å². The molecular formula is C18H31NO2. The summed E-state index contributed by atoms with van der Waals surface area (Å²) in [5.74, 6) is 2.33. The number of nitrogens with zero attached hydrogens (tertiary/aromatic N) is 1. The fourth-order valence-electron chi connectivity index (χ4n) is 2.46. The van der Waals surface area contributed by atoms with Crippen molar-refractivity contribution in [3.63, 3.8) is 0 Å². The first-order chi connectivity index (χ1) is 9.92. The summed E-state index contributed by atoms with van der Waals surface area (Å²) in [6.45, 7) is 14.6. The van der Waals surface area contributed by atoms with Crippen molar-refractivity contribution in [2.24, 2.45) is 11.8 Å². The molecule has 1 aromatic carbocycles. The summed E-state index contributed by atoms with van der Waals surface area (Å²) in [6.07, 6.45) is 0.971. The van der Waals surface area contributed by atoms with Gasteiger partial charge in [0.25, 0.3) is 0 Å². The van der Waals surface area contributed by atoms with E-state index in [9.17, 15) is 5.11 Å². The Kier molecular flexibility index (Phi) is 7.58. The van der Waals surface area contributed by atoms with Crippen molar-refractivity contribution in [2.75, 3.05) is 19.7 Å². The van der Waals surface area contributed by atoms with E-state index in [1.54, 1.807) is 6.07 Å². The molecule has 0 saturated heterocycles. The average molecular weight is 293 g/mol. The highest BCUT2D eigenvalue weighted by atomic mass is 16.5. The number of aromatic hydroxyl groups is 1. The molecule has 120 valence electrons. The van der Waals surface area contributed by atoms with Crippen molar-refractivity contribution in [3.8, 4) is 11.5 Å². The highest BCUT2D eigenvalue weighted by Gasteiger charge is 2.13. The van der Waals surface area contributed by atoms with Crippen LogP contribution in [-0.2, 0) is 6.54 Å². The Balaban J connectivity index is 2.73. The topological polar surface area (TPSA) is 32.7 Å². The zero-order valence-corrected chi connectivity index (χ0v) is 14.2. The Labute approximate surface area is 129 Å². The summed E-state index contributed by atoms with van der Waals surface area (Å²) in [4.78, 5) is 2.41. The molecule has 0 radical (unpaired) electrons. The van der Waals surface area contributed by atoms with Crippen LogP contribution in [0, 0.1) is 11.8 Å².